The molecule has 140 valence electrons. The molecule has 2 fully saturated rings. The Hall–Kier alpha value is -0.810. The van der Waals surface area contributed by atoms with Crippen LogP contribution in [0.2, 0.25) is 0 Å². The molecule has 0 aromatic carbocycles. The molecule has 5 nitrogen and oxygen atoms in total. The first-order valence-electron chi connectivity index (χ1n) is 9.46. The lowest BCUT2D eigenvalue weighted by molar-refractivity contribution is -0.126. The van der Waals surface area contributed by atoms with Crippen molar-refractivity contribution in [3.8, 4) is 0 Å². The van der Waals surface area contributed by atoms with Crippen molar-refractivity contribution in [3.05, 3.63) is 0 Å². The maximum atomic E-state index is 12.1. The van der Waals surface area contributed by atoms with Gasteiger partial charge in [0.15, 0.2) is 0 Å². The Morgan fingerprint density at radius 3 is 2.25 bits per heavy atom. The predicted octanol–water partition coefficient (Wildman–Crippen LogP) is 2.52. The highest BCUT2D eigenvalue weighted by Gasteiger charge is 2.27. The molecule has 0 saturated heterocycles. The van der Waals surface area contributed by atoms with Crippen molar-refractivity contribution in [2.45, 2.75) is 76.7 Å². The molecule has 6 heteroatoms. The van der Waals surface area contributed by atoms with Gasteiger partial charge in [-0.15, -0.1) is 12.4 Å². The van der Waals surface area contributed by atoms with Gasteiger partial charge in [-0.1, -0.05) is 12.8 Å². The predicted molar refractivity (Wildman–Crippen MR) is 99.0 cm³/mol. The highest BCUT2D eigenvalue weighted by molar-refractivity contribution is 5.85. The molecule has 0 radical (unpaired) electrons. The minimum Gasteiger partial charge on any atom is -0.356 e. The van der Waals surface area contributed by atoms with E-state index in [1.807, 2.05) is 0 Å². The first-order chi connectivity index (χ1) is 11.2. The molecule has 0 aliphatic heterocycles. The van der Waals surface area contributed by atoms with Crippen molar-refractivity contribution in [2.24, 2.45) is 17.6 Å². The van der Waals surface area contributed by atoms with Crippen LogP contribution in [-0.2, 0) is 9.59 Å². The maximum Gasteiger partial charge on any atom is 0.223 e. The van der Waals surface area contributed by atoms with Crippen LogP contribution in [0.5, 0.6) is 0 Å². The van der Waals surface area contributed by atoms with Gasteiger partial charge in [-0.3, -0.25) is 9.59 Å². The number of carbonyl (C=O) groups is 2. The largest absolute Gasteiger partial charge is 0.356 e. The molecule has 2 amide bonds. The van der Waals surface area contributed by atoms with Crippen LogP contribution in [0.25, 0.3) is 0 Å². The van der Waals surface area contributed by atoms with E-state index in [4.69, 9.17) is 5.73 Å². The lowest BCUT2D eigenvalue weighted by Crippen LogP contribution is -2.41. The van der Waals surface area contributed by atoms with E-state index in [9.17, 15) is 9.59 Å². The number of rotatable bonds is 8. The number of amides is 2. The van der Waals surface area contributed by atoms with Crippen LogP contribution >= 0.6 is 12.4 Å². The van der Waals surface area contributed by atoms with E-state index in [1.165, 1.54) is 25.7 Å². The summed E-state index contributed by atoms with van der Waals surface area (Å²) in [6.07, 6.45) is 11.2. The van der Waals surface area contributed by atoms with Crippen molar-refractivity contribution in [1.29, 1.82) is 0 Å². The molecule has 2 rings (SSSR count). The summed E-state index contributed by atoms with van der Waals surface area (Å²) in [7, 11) is 0. The quantitative estimate of drug-likeness (QED) is 0.582. The number of hydrogen-bond donors (Lipinski definition) is 3. The summed E-state index contributed by atoms with van der Waals surface area (Å²) in [5.74, 6) is 1.12. The lowest BCUT2D eigenvalue weighted by Gasteiger charge is -2.28. The number of nitrogens with one attached hydrogen (secondary N) is 2. The average molecular weight is 360 g/mol. The third kappa shape index (κ3) is 7.39. The number of unbranched alkanes of at least 4 members (excludes halogenated alkanes) is 1. The number of nitrogens with two attached hydrogens (primary N) is 1. The van der Waals surface area contributed by atoms with Crippen LogP contribution < -0.4 is 16.4 Å². The van der Waals surface area contributed by atoms with E-state index < -0.39 is 0 Å². The summed E-state index contributed by atoms with van der Waals surface area (Å²) in [4.78, 5) is 24.2. The second-order valence-corrected chi connectivity index (χ2v) is 7.26. The molecule has 0 aromatic heterocycles. The number of halogens is 1. The summed E-state index contributed by atoms with van der Waals surface area (Å²) in [5.41, 5.74) is 5.45. The van der Waals surface area contributed by atoms with Gasteiger partial charge in [0.05, 0.1) is 0 Å². The van der Waals surface area contributed by atoms with E-state index in [-0.39, 0.29) is 36.2 Å². The Morgan fingerprint density at radius 1 is 0.958 bits per heavy atom. The molecule has 2 aliphatic carbocycles. The van der Waals surface area contributed by atoms with Crippen LogP contribution in [0.1, 0.15) is 70.6 Å². The van der Waals surface area contributed by atoms with Crippen LogP contribution in [0, 0.1) is 11.8 Å². The minimum atomic E-state index is 0. The van der Waals surface area contributed by atoms with Gasteiger partial charge in [0.2, 0.25) is 11.8 Å². The number of hydrogen-bond acceptors (Lipinski definition) is 3. The molecule has 2 aliphatic rings. The Kier molecular flexibility index (Phi) is 10.3. The fraction of sp³-hybridized carbons (Fsp3) is 0.889. The zero-order valence-electron chi connectivity index (χ0n) is 14.7. The molecular weight excluding hydrogens is 326 g/mol. The van der Waals surface area contributed by atoms with Crippen molar-refractivity contribution >= 4 is 24.2 Å². The monoisotopic (exact) mass is 359 g/mol. The summed E-state index contributed by atoms with van der Waals surface area (Å²) in [6, 6.07) is 0.269. The van der Waals surface area contributed by atoms with Crippen molar-refractivity contribution < 1.29 is 9.59 Å². The van der Waals surface area contributed by atoms with Crippen LogP contribution in [0.4, 0.5) is 0 Å². The maximum absolute atomic E-state index is 12.1. The van der Waals surface area contributed by atoms with Crippen molar-refractivity contribution in [2.75, 3.05) is 13.1 Å². The van der Waals surface area contributed by atoms with Crippen molar-refractivity contribution in [1.82, 2.24) is 10.6 Å². The molecule has 0 unspecified atom stereocenters. The molecule has 0 atom stereocenters. The summed E-state index contributed by atoms with van der Waals surface area (Å²) in [6.45, 7) is 1.41. The summed E-state index contributed by atoms with van der Waals surface area (Å²) < 4.78 is 0. The van der Waals surface area contributed by atoms with E-state index in [0.29, 0.717) is 18.9 Å². The van der Waals surface area contributed by atoms with Crippen LogP contribution in [0.3, 0.4) is 0 Å². The Balaban J connectivity index is 0.00000288. The van der Waals surface area contributed by atoms with Crippen molar-refractivity contribution in [3.63, 3.8) is 0 Å². The Bertz CT molecular complexity index is 378. The normalized spacial score (nSPS) is 24.2. The van der Waals surface area contributed by atoms with Gasteiger partial charge in [0, 0.05) is 24.9 Å². The van der Waals surface area contributed by atoms with E-state index >= 15 is 0 Å². The van der Waals surface area contributed by atoms with Crippen LogP contribution in [-0.4, -0.2) is 30.9 Å². The molecule has 24 heavy (non-hydrogen) atoms. The fourth-order valence-electron chi connectivity index (χ4n) is 3.89. The Labute approximate surface area is 152 Å². The van der Waals surface area contributed by atoms with Gasteiger partial charge >= 0.3 is 0 Å². The van der Waals surface area contributed by atoms with Gasteiger partial charge < -0.3 is 16.4 Å². The minimum absolute atomic E-state index is 0. The molecule has 0 spiro atoms. The topological polar surface area (TPSA) is 84.2 Å². The average Bonchev–Trinajstić information content (AvgIpc) is 3.05. The van der Waals surface area contributed by atoms with E-state index in [0.717, 1.165) is 45.1 Å². The smallest absolute Gasteiger partial charge is 0.223 e. The first-order valence-corrected chi connectivity index (χ1v) is 9.46. The second-order valence-electron chi connectivity index (χ2n) is 7.26. The SMILES string of the molecule is Cl.NCCCCNC(=O)C1CCC(NC(=O)CC2CCCC2)CC1. The first kappa shape index (κ1) is 21.2. The van der Waals surface area contributed by atoms with Gasteiger partial charge in [-0.05, 0) is 63.8 Å². The third-order valence-corrected chi connectivity index (χ3v) is 5.34. The highest BCUT2D eigenvalue weighted by Crippen LogP contribution is 2.28. The molecular formula is C18H34ClN3O2. The van der Waals surface area contributed by atoms with E-state index in [1.54, 1.807) is 0 Å². The zero-order chi connectivity index (χ0) is 16.5. The standard InChI is InChI=1S/C18H33N3O2.ClH/c19-11-3-4-12-20-18(23)15-7-9-16(10-8-15)21-17(22)13-14-5-1-2-6-14;/h14-16H,1-13,19H2,(H,20,23)(H,21,22);1H. The van der Waals surface area contributed by atoms with Crippen LogP contribution in [0.15, 0.2) is 0 Å². The molecule has 0 bridgehead atoms. The van der Waals surface area contributed by atoms with Gasteiger partial charge in [0.25, 0.3) is 0 Å². The fourth-order valence-corrected chi connectivity index (χ4v) is 3.89. The van der Waals surface area contributed by atoms with Gasteiger partial charge in [-0.2, -0.15) is 0 Å². The lowest BCUT2D eigenvalue weighted by atomic mass is 9.85. The second kappa shape index (κ2) is 11.7. The molecule has 0 heterocycles. The molecule has 0 aromatic rings. The number of carbonyl (C=O) groups excluding carboxylic acids is 2. The molecule has 2 saturated carbocycles. The molecule has 4 N–H and O–H groups in total. The van der Waals surface area contributed by atoms with Gasteiger partial charge in [0.1, 0.15) is 0 Å². The Morgan fingerprint density at radius 2 is 1.62 bits per heavy atom. The zero-order valence-corrected chi connectivity index (χ0v) is 15.5. The third-order valence-electron chi connectivity index (χ3n) is 5.34. The van der Waals surface area contributed by atoms with E-state index in [2.05, 4.69) is 10.6 Å². The summed E-state index contributed by atoms with van der Waals surface area (Å²) >= 11 is 0. The summed E-state index contributed by atoms with van der Waals surface area (Å²) in [5, 5.41) is 6.19. The highest BCUT2D eigenvalue weighted by atomic mass is 35.5. The van der Waals surface area contributed by atoms with Gasteiger partial charge in [-0.25, -0.2) is 0 Å².